The molecule has 0 atom stereocenters. The third-order valence-corrected chi connectivity index (χ3v) is 1.43. The van der Waals surface area contributed by atoms with Crippen LogP contribution >= 0.6 is 0 Å². The second-order valence-electron chi connectivity index (χ2n) is 2.49. The fraction of sp³-hybridized carbons (Fsp3) is 0.100. The average Bonchev–Trinajstić information content (AvgIpc) is 2.18. The molecule has 1 rings (SSSR count). The number of nitrogens with zero attached hydrogens (tertiary/aromatic N) is 2. The van der Waals surface area contributed by atoms with Crippen molar-refractivity contribution in [3.63, 3.8) is 0 Å². The van der Waals surface area contributed by atoms with Gasteiger partial charge < -0.3 is 0 Å². The first-order valence-corrected chi connectivity index (χ1v) is 3.83. The van der Waals surface area contributed by atoms with E-state index in [4.69, 9.17) is 5.26 Å². The predicted molar refractivity (Wildman–Crippen MR) is 49.9 cm³/mol. The molecule has 0 aliphatic rings. The summed E-state index contributed by atoms with van der Waals surface area (Å²) in [6, 6.07) is 8.60. The van der Waals surface area contributed by atoms with Gasteiger partial charge in [0.1, 0.15) is 0 Å². The Morgan fingerprint density at radius 1 is 1.43 bits per heavy atom. The average molecular weight is 186 g/mol. The van der Waals surface area contributed by atoms with Gasteiger partial charge in [-0.15, -0.1) is 0 Å². The SMILES string of the molecule is N#Cc1cccc(C#CC[N+](=O)[O-])c1. The number of benzene rings is 1. The van der Waals surface area contributed by atoms with Crippen LogP contribution in [0.15, 0.2) is 24.3 Å². The molecular weight excluding hydrogens is 180 g/mol. The van der Waals surface area contributed by atoms with Crippen LogP contribution in [0.25, 0.3) is 0 Å². The van der Waals surface area contributed by atoms with Crippen LogP contribution < -0.4 is 0 Å². The Hall–Kier alpha value is -2.33. The maximum atomic E-state index is 9.96. The molecule has 0 heterocycles. The van der Waals surface area contributed by atoms with Crippen LogP contribution in [-0.2, 0) is 0 Å². The molecule has 0 unspecified atom stereocenters. The Morgan fingerprint density at radius 3 is 2.79 bits per heavy atom. The molecule has 0 bridgehead atoms. The molecule has 0 fully saturated rings. The lowest BCUT2D eigenvalue weighted by atomic mass is 10.1. The first-order valence-electron chi connectivity index (χ1n) is 3.83. The monoisotopic (exact) mass is 186 g/mol. The molecule has 0 aliphatic heterocycles. The Bertz CT molecular complexity index is 449. The van der Waals surface area contributed by atoms with Crippen molar-refractivity contribution in [2.75, 3.05) is 6.54 Å². The third kappa shape index (κ3) is 2.96. The molecule has 0 aromatic heterocycles. The van der Waals surface area contributed by atoms with Crippen LogP contribution in [0, 0.1) is 33.3 Å². The van der Waals surface area contributed by atoms with E-state index in [0.717, 1.165) is 0 Å². The summed E-state index contributed by atoms with van der Waals surface area (Å²) < 4.78 is 0. The molecule has 0 saturated heterocycles. The summed E-state index contributed by atoms with van der Waals surface area (Å²) in [6.45, 7) is -0.378. The summed E-state index contributed by atoms with van der Waals surface area (Å²) in [6.07, 6.45) is 0. The lowest BCUT2D eigenvalue weighted by Crippen LogP contribution is -1.96. The smallest absolute Gasteiger partial charge is 0.263 e. The molecule has 0 aliphatic carbocycles. The molecule has 4 nitrogen and oxygen atoms in total. The first-order chi connectivity index (χ1) is 6.72. The number of nitriles is 1. The second-order valence-corrected chi connectivity index (χ2v) is 2.49. The maximum Gasteiger partial charge on any atom is 0.263 e. The normalized spacial score (nSPS) is 8.21. The standard InChI is InChI=1S/C10H6N2O2/c11-8-10-4-1-3-9(7-10)5-2-6-12(13)14/h1,3-4,7H,6H2. The molecule has 4 heteroatoms. The minimum atomic E-state index is -0.499. The molecule has 0 saturated carbocycles. The van der Waals surface area contributed by atoms with E-state index in [1.807, 2.05) is 6.07 Å². The highest BCUT2D eigenvalue weighted by atomic mass is 16.6. The highest BCUT2D eigenvalue weighted by Gasteiger charge is 1.91. The van der Waals surface area contributed by atoms with Crippen molar-refractivity contribution in [1.82, 2.24) is 0 Å². The Kier molecular flexibility index (Phi) is 3.23. The molecule has 1 aromatic rings. The van der Waals surface area contributed by atoms with E-state index in [9.17, 15) is 10.1 Å². The van der Waals surface area contributed by atoms with Crippen LogP contribution in [0.1, 0.15) is 11.1 Å². The largest absolute Gasteiger partial charge is 0.264 e. The second kappa shape index (κ2) is 4.64. The lowest BCUT2D eigenvalue weighted by Gasteiger charge is -1.89. The molecule has 0 radical (unpaired) electrons. The summed E-state index contributed by atoms with van der Waals surface area (Å²) in [5.41, 5.74) is 1.11. The highest BCUT2D eigenvalue weighted by Crippen LogP contribution is 2.01. The zero-order chi connectivity index (χ0) is 10.4. The van der Waals surface area contributed by atoms with Gasteiger partial charge in [0.25, 0.3) is 6.54 Å². The van der Waals surface area contributed by atoms with Crippen LogP contribution in [0.4, 0.5) is 0 Å². The van der Waals surface area contributed by atoms with Gasteiger partial charge in [-0.05, 0) is 24.1 Å². The molecule has 68 valence electrons. The van der Waals surface area contributed by atoms with Gasteiger partial charge in [0.2, 0.25) is 0 Å². The van der Waals surface area contributed by atoms with Crippen LogP contribution in [0.3, 0.4) is 0 Å². The topological polar surface area (TPSA) is 66.9 Å². The molecule has 0 N–H and O–H groups in total. The van der Waals surface area contributed by atoms with E-state index in [2.05, 4.69) is 11.8 Å². The number of nitro groups is 1. The summed E-state index contributed by atoms with van der Waals surface area (Å²) in [4.78, 5) is 9.46. The van der Waals surface area contributed by atoms with Crippen molar-refractivity contribution in [3.05, 3.63) is 45.5 Å². The van der Waals surface area contributed by atoms with Crippen LogP contribution in [0.5, 0.6) is 0 Å². The minimum absolute atomic E-state index is 0.378. The Labute approximate surface area is 80.9 Å². The zero-order valence-corrected chi connectivity index (χ0v) is 7.23. The van der Waals surface area contributed by atoms with E-state index in [1.54, 1.807) is 24.3 Å². The van der Waals surface area contributed by atoms with Crippen molar-refractivity contribution in [1.29, 1.82) is 5.26 Å². The van der Waals surface area contributed by atoms with Crippen LogP contribution in [0.2, 0.25) is 0 Å². The van der Waals surface area contributed by atoms with Crippen molar-refractivity contribution in [3.8, 4) is 17.9 Å². The van der Waals surface area contributed by atoms with Gasteiger partial charge in [-0.3, -0.25) is 10.1 Å². The van der Waals surface area contributed by atoms with Crippen LogP contribution in [-0.4, -0.2) is 11.5 Å². The van der Waals surface area contributed by atoms with Crippen molar-refractivity contribution < 1.29 is 4.92 Å². The summed E-state index contributed by atoms with van der Waals surface area (Å²) in [5, 5.41) is 18.5. The quantitative estimate of drug-likeness (QED) is 0.376. The summed E-state index contributed by atoms with van der Waals surface area (Å²) in [5.74, 6) is 5.00. The van der Waals surface area contributed by atoms with Gasteiger partial charge >= 0.3 is 0 Å². The van der Waals surface area contributed by atoms with Gasteiger partial charge in [0.15, 0.2) is 0 Å². The summed E-state index contributed by atoms with van der Waals surface area (Å²) >= 11 is 0. The number of hydrogen-bond acceptors (Lipinski definition) is 3. The number of rotatable bonds is 1. The predicted octanol–water partition coefficient (Wildman–Crippen LogP) is 1.19. The van der Waals surface area contributed by atoms with Crippen molar-refractivity contribution >= 4 is 0 Å². The molecule has 14 heavy (non-hydrogen) atoms. The Morgan fingerprint density at radius 2 is 2.14 bits per heavy atom. The highest BCUT2D eigenvalue weighted by molar-refractivity contribution is 5.41. The first kappa shape index (κ1) is 9.76. The molecular formula is C10H6N2O2. The summed E-state index contributed by atoms with van der Waals surface area (Å²) in [7, 11) is 0. The van der Waals surface area contributed by atoms with Gasteiger partial charge in [-0.25, -0.2) is 0 Å². The van der Waals surface area contributed by atoms with Gasteiger partial charge in [0, 0.05) is 10.5 Å². The molecule has 1 aromatic carbocycles. The lowest BCUT2D eigenvalue weighted by molar-refractivity contribution is -0.466. The van der Waals surface area contributed by atoms with Gasteiger partial charge in [0.05, 0.1) is 11.6 Å². The van der Waals surface area contributed by atoms with Gasteiger partial charge in [-0.1, -0.05) is 12.0 Å². The molecule has 0 spiro atoms. The zero-order valence-electron chi connectivity index (χ0n) is 7.23. The Balaban J connectivity index is 2.80. The van der Waals surface area contributed by atoms with E-state index in [1.165, 1.54) is 0 Å². The maximum absolute atomic E-state index is 9.96. The number of hydrogen-bond donors (Lipinski definition) is 0. The van der Waals surface area contributed by atoms with Gasteiger partial charge in [-0.2, -0.15) is 5.26 Å². The van der Waals surface area contributed by atoms with E-state index in [0.29, 0.717) is 11.1 Å². The van der Waals surface area contributed by atoms with E-state index < -0.39 is 4.92 Å². The molecule has 0 amide bonds. The van der Waals surface area contributed by atoms with Crippen molar-refractivity contribution in [2.24, 2.45) is 0 Å². The fourth-order valence-corrected chi connectivity index (χ4v) is 0.873. The third-order valence-electron chi connectivity index (χ3n) is 1.43. The fourth-order valence-electron chi connectivity index (χ4n) is 0.873. The van der Waals surface area contributed by atoms with E-state index >= 15 is 0 Å². The van der Waals surface area contributed by atoms with E-state index in [-0.39, 0.29) is 6.54 Å². The minimum Gasteiger partial charge on any atom is -0.264 e. The van der Waals surface area contributed by atoms with Crippen molar-refractivity contribution in [2.45, 2.75) is 0 Å².